The summed E-state index contributed by atoms with van der Waals surface area (Å²) in [4.78, 5) is 43.8. The quantitative estimate of drug-likeness (QED) is 0.391. The molecule has 2 saturated heterocycles. The van der Waals surface area contributed by atoms with Crippen molar-refractivity contribution in [1.82, 2.24) is 14.7 Å². The number of amides is 3. The SMILES string of the molecule is N=C(N)N1CCC(CN(C(=O)CC(c2ccccc2)c2ccccc2)C(=O)N2CCC[C@H]2C(=O)O)CC1. The highest BCUT2D eigenvalue weighted by Crippen LogP contribution is 2.30. The largest absolute Gasteiger partial charge is 0.480 e. The van der Waals surface area contributed by atoms with Crippen molar-refractivity contribution in [3.05, 3.63) is 71.8 Å². The number of nitrogens with two attached hydrogens (primary N) is 1. The minimum absolute atomic E-state index is 0.0254. The third-order valence-corrected chi connectivity index (χ3v) is 7.49. The van der Waals surface area contributed by atoms with Crippen molar-refractivity contribution >= 4 is 23.9 Å². The molecule has 2 aromatic carbocycles. The Morgan fingerprint density at radius 2 is 1.51 bits per heavy atom. The molecule has 2 fully saturated rings. The number of imide groups is 1. The Kier molecular flexibility index (Phi) is 8.43. The number of guanidine groups is 1. The van der Waals surface area contributed by atoms with Gasteiger partial charge < -0.3 is 20.6 Å². The second-order valence-corrected chi connectivity index (χ2v) is 9.87. The van der Waals surface area contributed by atoms with Crippen LogP contribution in [0, 0.1) is 11.3 Å². The van der Waals surface area contributed by atoms with E-state index in [9.17, 15) is 19.5 Å². The molecule has 4 N–H and O–H groups in total. The van der Waals surface area contributed by atoms with Crippen LogP contribution in [0.1, 0.15) is 49.1 Å². The van der Waals surface area contributed by atoms with Crippen molar-refractivity contribution < 1.29 is 19.5 Å². The minimum Gasteiger partial charge on any atom is -0.480 e. The number of carboxylic acid groups (broad SMARTS) is 1. The van der Waals surface area contributed by atoms with E-state index in [0.717, 1.165) is 11.1 Å². The van der Waals surface area contributed by atoms with Crippen LogP contribution in [0.3, 0.4) is 0 Å². The van der Waals surface area contributed by atoms with Crippen molar-refractivity contribution in [2.45, 2.75) is 44.1 Å². The van der Waals surface area contributed by atoms with E-state index in [1.54, 1.807) is 4.90 Å². The number of aliphatic carboxylic acids is 1. The number of nitrogens with zero attached hydrogens (tertiary/aromatic N) is 3. The Morgan fingerprint density at radius 3 is 2.03 bits per heavy atom. The molecule has 2 aliphatic rings. The zero-order valence-electron chi connectivity index (χ0n) is 21.0. The molecule has 37 heavy (non-hydrogen) atoms. The minimum atomic E-state index is -1.04. The van der Waals surface area contributed by atoms with Crippen molar-refractivity contribution in [1.29, 1.82) is 5.41 Å². The summed E-state index contributed by atoms with van der Waals surface area (Å²) in [5, 5.41) is 17.3. The molecule has 2 aliphatic heterocycles. The van der Waals surface area contributed by atoms with Crippen molar-refractivity contribution in [2.24, 2.45) is 11.7 Å². The Morgan fingerprint density at radius 1 is 0.946 bits per heavy atom. The van der Waals surface area contributed by atoms with Crippen LogP contribution >= 0.6 is 0 Å². The average molecular weight is 506 g/mol. The molecular weight excluding hydrogens is 470 g/mol. The highest BCUT2D eigenvalue weighted by Gasteiger charge is 2.39. The molecule has 0 radical (unpaired) electrons. The summed E-state index contributed by atoms with van der Waals surface area (Å²) in [6.45, 7) is 1.73. The van der Waals surface area contributed by atoms with E-state index in [1.807, 2.05) is 60.7 Å². The predicted molar refractivity (Wildman–Crippen MR) is 140 cm³/mol. The summed E-state index contributed by atoms with van der Waals surface area (Å²) in [5.41, 5.74) is 7.59. The zero-order valence-corrected chi connectivity index (χ0v) is 21.0. The highest BCUT2D eigenvalue weighted by atomic mass is 16.4. The highest BCUT2D eigenvalue weighted by molar-refractivity contribution is 5.96. The van der Waals surface area contributed by atoms with Crippen molar-refractivity contribution in [2.75, 3.05) is 26.2 Å². The van der Waals surface area contributed by atoms with Crippen LogP contribution in [0.2, 0.25) is 0 Å². The van der Waals surface area contributed by atoms with Crippen LogP contribution < -0.4 is 5.73 Å². The number of carboxylic acids is 1. The molecule has 0 spiro atoms. The van der Waals surface area contributed by atoms with Crippen LogP contribution in [0.15, 0.2) is 60.7 Å². The van der Waals surface area contributed by atoms with Gasteiger partial charge in [0, 0.05) is 38.5 Å². The number of hydrogen-bond donors (Lipinski definition) is 3. The number of carbonyl (C=O) groups excluding carboxylic acids is 2. The molecule has 1 atom stereocenters. The number of likely N-dealkylation sites (tertiary alicyclic amines) is 2. The molecule has 0 aromatic heterocycles. The maximum Gasteiger partial charge on any atom is 0.327 e. The molecular formula is C28H35N5O4. The second-order valence-electron chi connectivity index (χ2n) is 9.87. The summed E-state index contributed by atoms with van der Waals surface area (Å²) < 4.78 is 0. The third kappa shape index (κ3) is 6.28. The Balaban J connectivity index is 1.59. The van der Waals surface area contributed by atoms with Gasteiger partial charge in [-0.05, 0) is 42.7 Å². The van der Waals surface area contributed by atoms with Gasteiger partial charge in [-0.3, -0.25) is 15.1 Å². The number of benzene rings is 2. The van der Waals surface area contributed by atoms with Gasteiger partial charge in [0.05, 0.1) is 0 Å². The summed E-state index contributed by atoms with van der Waals surface area (Å²) in [7, 11) is 0. The van der Waals surface area contributed by atoms with Crippen LogP contribution in [-0.4, -0.2) is 75.9 Å². The summed E-state index contributed by atoms with van der Waals surface area (Å²) in [6.07, 6.45) is 2.46. The Bertz CT molecular complexity index is 1060. The molecule has 2 heterocycles. The van der Waals surface area contributed by atoms with Gasteiger partial charge >= 0.3 is 12.0 Å². The predicted octanol–water partition coefficient (Wildman–Crippen LogP) is 3.31. The molecule has 9 heteroatoms. The number of rotatable bonds is 7. The second kappa shape index (κ2) is 11.9. The summed E-state index contributed by atoms with van der Waals surface area (Å²) in [6, 6.07) is 18.1. The Hall–Kier alpha value is -3.88. The van der Waals surface area contributed by atoms with E-state index in [4.69, 9.17) is 11.1 Å². The van der Waals surface area contributed by atoms with Gasteiger partial charge in [-0.1, -0.05) is 60.7 Å². The lowest BCUT2D eigenvalue weighted by molar-refractivity contribution is -0.142. The monoisotopic (exact) mass is 505 g/mol. The lowest BCUT2D eigenvalue weighted by Crippen LogP contribution is -2.52. The first-order valence-electron chi connectivity index (χ1n) is 12.9. The molecule has 0 aliphatic carbocycles. The number of nitrogens with one attached hydrogen (secondary N) is 1. The van der Waals surface area contributed by atoms with Gasteiger partial charge in [-0.25, -0.2) is 9.59 Å². The molecule has 2 aromatic rings. The first kappa shape index (κ1) is 26.2. The van der Waals surface area contributed by atoms with E-state index in [1.165, 1.54) is 9.80 Å². The van der Waals surface area contributed by atoms with Crippen molar-refractivity contribution in [3.8, 4) is 0 Å². The Labute approximate surface area is 217 Å². The van der Waals surface area contributed by atoms with Crippen LogP contribution in [0.4, 0.5) is 4.79 Å². The molecule has 3 amide bonds. The molecule has 0 saturated carbocycles. The molecule has 9 nitrogen and oxygen atoms in total. The van der Waals surface area contributed by atoms with Crippen LogP contribution in [0.5, 0.6) is 0 Å². The fourth-order valence-corrected chi connectivity index (χ4v) is 5.39. The fraction of sp³-hybridized carbons (Fsp3) is 0.429. The van der Waals surface area contributed by atoms with Gasteiger partial charge in [0.1, 0.15) is 6.04 Å². The van der Waals surface area contributed by atoms with Crippen LogP contribution in [0.25, 0.3) is 0 Å². The summed E-state index contributed by atoms with van der Waals surface area (Å²) >= 11 is 0. The van der Waals surface area contributed by atoms with Gasteiger partial charge in [0.25, 0.3) is 0 Å². The topological polar surface area (TPSA) is 131 Å². The normalized spacial score (nSPS) is 18.1. The van der Waals surface area contributed by atoms with Crippen LogP contribution in [-0.2, 0) is 9.59 Å². The fourth-order valence-electron chi connectivity index (χ4n) is 5.39. The van der Waals surface area contributed by atoms with E-state index in [-0.39, 0.29) is 36.7 Å². The van der Waals surface area contributed by atoms with Crippen molar-refractivity contribution in [3.63, 3.8) is 0 Å². The molecule has 4 rings (SSSR count). The molecule has 0 bridgehead atoms. The number of piperidine rings is 1. The maximum atomic E-state index is 13.9. The lowest BCUT2D eigenvalue weighted by atomic mass is 9.88. The standard InChI is InChI=1S/C28H35N5O4/c29-27(30)31-16-13-20(14-17-31)19-33(28(37)32-15-7-12-24(32)26(35)36)25(34)18-23(21-8-3-1-4-9-21)22-10-5-2-6-11-22/h1-6,8-11,20,23-24H,7,12-19H2,(H3,29,30)(H,35,36)/t24-/m0/s1. The number of carbonyl (C=O) groups is 3. The first-order chi connectivity index (χ1) is 17.8. The zero-order chi connectivity index (χ0) is 26.4. The van der Waals surface area contributed by atoms with E-state index in [2.05, 4.69) is 0 Å². The molecule has 0 unspecified atom stereocenters. The van der Waals surface area contributed by atoms with E-state index in [0.29, 0.717) is 45.3 Å². The maximum absolute atomic E-state index is 13.9. The van der Waals surface area contributed by atoms with E-state index >= 15 is 0 Å². The van der Waals surface area contributed by atoms with Gasteiger partial charge in [-0.2, -0.15) is 0 Å². The lowest BCUT2D eigenvalue weighted by Gasteiger charge is -2.36. The first-order valence-corrected chi connectivity index (χ1v) is 12.9. The number of urea groups is 1. The number of hydrogen-bond acceptors (Lipinski definition) is 4. The van der Waals surface area contributed by atoms with Gasteiger partial charge in [-0.15, -0.1) is 0 Å². The third-order valence-electron chi connectivity index (χ3n) is 7.49. The van der Waals surface area contributed by atoms with E-state index < -0.39 is 18.0 Å². The average Bonchev–Trinajstić information content (AvgIpc) is 3.42. The smallest absolute Gasteiger partial charge is 0.327 e. The molecule has 196 valence electrons. The van der Waals surface area contributed by atoms with Gasteiger partial charge in [0.15, 0.2) is 5.96 Å². The summed E-state index contributed by atoms with van der Waals surface area (Å²) in [5.74, 6) is -1.51. The van der Waals surface area contributed by atoms with Gasteiger partial charge in [0.2, 0.25) is 5.91 Å².